The summed E-state index contributed by atoms with van der Waals surface area (Å²) >= 11 is 0. The number of methoxy groups -OCH3 is 1. The summed E-state index contributed by atoms with van der Waals surface area (Å²) in [5, 5.41) is 13.9. The van der Waals surface area contributed by atoms with Crippen molar-refractivity contribution in [3.8, 4) is 33.6 Å². The van der Waals surface area contributed by atoms with Crippen LogP contribution in [0.4, 0.5) is 9.59 Å². The van der Waals surface area contributed by atoms with Crippen molar-refractivity contribution in [3.05, 3.63) is 72.1 Å². The minimum atomic E-state index is -1.23. The molecule has 2 aliphatic heterocycles. The van der Waals surface area contributed by atoms with Crippen LogP contribution in [0.2, 0.25) is 0 Å². The second-order valence-corrected chi connectivity index (χ2v) is 13.4. The number of hydrogen-bond donors (Lipinski definition) is 5. The van der Waals surface area contributed by atoms with Crippen molar-refractivity contribution in [2.75, 3.05) is 20.2 Å². The summed E-state index contributed by atoms with van der Waals surface area (Å²) in [7, 11) is 1.27. The van der Waals surface area contributed by atoms with Crippen LogP contribution in [-0.4, -0.2) is 91.1 Å². The lowest BCUT2D eigenvalue weighted by molar-refractivity contribution is -0.134. The average Bonchev–Trinajstić information content (AvgIpc) is 3.97. The molecule has 0 aliphatic carbocycles. The van der Waals surface area contributed by atoms with Gasteiger partial charge in [-0.25, -0.2) is 19.6 Å². The number of amides is 4. The van der Waals surface area contributed by atoms with Gasteiger partial charge in [-0.1, -0.05) is 61.9 Å². The maximum Gasteiger partial charge on any atom is 0.407 e. The van der Waals surface area contributed by atoms with Gasteiger partial charge in [0.15, 0.2) is 0 Å². The molecule has 2 fully saturated rings. The summed E-state index contributed by atoms with van der Waals surface area (Å²) in [5.74, 6) is 1.01. The molecule has 0 saturated carbocycles. The molecule has 4 amide bonds. The summed E-state index contributed by atoms with van der Waals surface area (Å²) in [4.78, 5) is 69.1. The number of H-pyrrole nitrogens is 2. The molecule has 4 aromatic rings. The first-order valence-electron chi connectivity index (χ1n) is 17.9. The van der Waals surface area contributed by atoms with Crippen LogP contribution < -0.4 is 10.6 Å². The maximum absolute atomic E-state index is 13.3. The van der Waals surface area contributed by atoms with Crippen LogP contribution in [0.5, 0.6) is 0 Å². The van der Waals surface area contributed by atoms with Crippen LogP contribution in [0.15, 0.2) is 54.7 Å². The average molecular weight is 711 g/mol. The third-order valence-electron chi connectivity index (χ3n) is 9.87. The van der Waals surface area contributed by atoms with E-state index in [4.69, 9.17) is 15.1 Å². The van der Waals surface area contributed by atoms with E-state index in [1.807, 2.05) is 18.3 Å². The Kier molecular flexibility index (Phi) is 10.9. The molecule has 0 bridgehead atoms. The lowest BCUT2D eigenvalue weighted by Crippen LogP contribution is -2.46. The number of carbonyl (C=O) groups is 4. The second kappa shape index (κ2) is 15.7. The summed E-state index contributed by atoms with van der Waals surface area (Å²) in [5.41, 5.74) is 6.72. The molecule has 4 atom stereocenters. The van der Waals surface area contributed by atoms with E-state index < -0.39 is 24.3 Å². The number of nitrogens with zero attached hydrogens (tertiary/aromatic N) is 4. The van der Waals surface area contributed by atoms with Gasteiger partial charge < -0.3 is 40.2 Å². The molecule has 4 heterocycles. The molecule has 0 spiro atoms. The molecule has 14 nitrogen and oxygen atoms in total. The Hall–Kier alpha value is -5.66. The maximum atomic E-state index is 13.3. The number of aromatic nitrogens is 4. The van der Waals surface area contributed by atoms with E-state index in [0.717, 1.165) is 83.7 Å². The van der Waals surface area contributed by atoms with Crippen LogP contribution in [0, 0.1) is 0 Å². The number of ether oxygens (including phenoxy) is 1. The molecule has 2 aromatic heterocycles. The number of rotatable bonds is 11. The summed E-state index contributed by atoms with van der Waals surface area (Å²) in [6.45, 7) is 6.48. The van der Waals surface area contributed by atoms with Crippen molar-refractivity contribution in [3.63, 3.8) is 0 Å². The molecular weight excluding hydrogens is 664 g/mol. The Morgan fingerprint density at radius 1 is 0.827 bits per heavy atom. The van der Waals surface area contributed by atoms with E-state index in [1.54, 1.807) is 23.6 Å². The monoisotopic (exact) mass is 710 g/mol. The molecule has 0 unspecified atom stereocenters. The van der Waals surface area contributed by atoms with Crippen molar-refractivity contribution < 1.29 is 29.0 Å². The number of imidazole rings is 2. The first-order chi connectivity index (χ1) is 25.1. The van der Waals surface area contributed by atoms with Crippen LogP contribution in [0.3, 0.4) is 0 Å². The molecule has 52 heavy (non-hydrogen) atoms. The highest BCUT2D eigenvalue weighted by molar-refractivity contribution is 5.86. The van der Waals surface area contributed by atoms with Gasteiger partial charge in [-0.3, -0.25) is 9.59 Å². The number of alkyl carbamates (subject to hydrolysis) is 1. The summed E-state index contributed by atoms with van der Waals surface area (Å²) in [6.07, 6.45) is 4.90. The molecule has 14 heteroatoms. The zero-order valence-electron chi connectivity index (χ0n) is 29.9. The first kappa shape index (κ1) is 36.1. The summed E-state index contributed by atoms with van der Waals surface area (Å²) < 4.78 is 4.67. The van der Waals surface area contributed by atoms with Gasteiger partial charge >= 0.3 is 12.2 Å². The van der Waals surface area contributed by atoms with Crippen molar-refractivity contribution in [2.24, 2.45) is 0 Å². The van der Waals surface area contributed by atoms with Gasteiger partial charge in [0.1, 0.15) is 23.7 Å². The van der Waals surface area contributed by atoms with E-state index in [0.29, 0.717) is 18.9 Å². The molecular formula is C38H46N8O6. The number of benzene rings is 2. The second-order valence-electron chi connectivity index (χ2n) is 13.4. The molecule has 2 saturated heterocycles. The zero-order valence-corrected chi connectivity index (χ0v) is 29.9. The quantitative estimate of drug-likeness (QED) is 0.129. The van der Waals surface area contributed by atoms with Gasteiger partial charge in [0.2, 0.25) is 11.8 Å². The Morgan fingerprint density at radius 3 is 1.92 bits per heavy atom. The van der Waals surface area contributed by atoms with Crippen molar-refractivity contribution in [1.29, 1.82) is 0 Å². The molecule has 6 rings (SSSR count). The van der Waals surface area contributed by atoms with Crippen molar-refractivity contribution in [2.45, 2.75) is 83.5 Å². The van der Waals surface area contributed by atoms with Crippen molar-refractivity contribution in [1.82, 2.24) is 40.4 Å². The third kappa shape index (κ3) is 7.65. The number of hydrogen-bond acceptors (Lipinski definition) is 7. The number of aryl methyl sites for hydroxylation is 1. The molecule has 5 N–H and O–H groups in total. The summed E-state index contributed by atoms with van der Waals surface area (Å²) in [6, 6.07) is 14.5. The van der Waals surface area contributed by atoms with Crippen LogP contribution in [0.1, 0.15) is 82.3 Å². The Labute approximate surface area is 302 Å². The Balaban J connectivity index is 1.15. The number of carboxylic acid groups (broad SMARTS) is 1. The van der Waals surface area contributed by atoms with Crippen LogP contribution in [-0.2, 0) is 20.7 Å². The van der Waals surface area contributed by atoms with Crippen LogP contribution in [0.25, 0.3) is 33.6 Å². The van der Waals surface area contributed by atoms with Crippen LogP contribution >= 0.6 is 0 Å². The van der Waals surface area contributed by atoms with E-state index in [9.17, 15) is 19.2 Å². The third-order valence-corrected chi connectivity index (χ3v) is 9.87. The van der Waals surface area contributed by atoms with Gasteiger partial charge in [-0.05, 0) is 62.6 Å². The number of carbonyl (C=O) groups excluding carboxylic acids is 3. The SMILES string of the molecule is CCCc1nc([C@@H]2CCCN2C(=O)[C@H](C)NC(=O)OC)[nH]c1-c1ccc(-c2ccc(-c3c[nH]c([C@@H]4CCCN4C(=O)[C@H](C)NC(=O)O)n3)cc2)cc1. The highest BCUT2D eigenvalue weighted by Gasteiger charge is 2.36. The predicted octanol–water partition coefficient (Wildman–Crippen LogP) is 5.81. The fourth-order valence-electron chi connectivity index (χ4n) is 7.23. The van der Waals surface area contributed by atoms with Gasteiger partial charge in [-0.15, -0.1) is 0 Å². The molecule has 274 valence electrons. The fraction of sp³-hybridized carbons (Fsp3) is 0.421. The standard InChI is InChI=1S/C38H46N8O6/c1-5-8-28-32(44-34(42-28)31-10-7-20-46(31)36(48)23(3)41-38(51)52-4)27-17-13-25(14-18-27)24-11-15-26(16-12-24)29-21-39-33(43-29)30-9-6-19-45(30)35(47)22(2)40-37(49)50/h11-18,21-23,30-31,40H,5-10,19-20H2,1-4H3,(H,39,43)(H,41,51)(H,42,44)(H,49,50)/t22-,23-,30-,31-/m0/s1. The van der Waals surface area contributed by atoms with Crippen molar-refractivity contribution >= 4 is 24.0 Å². The predicted molar refractivity (Wildman–Crippen MR) is 194 cm³/mol. The lowest BCUT2D eigenvalue weighted by Gasteiger charge is -2.26. The zero-order chi connectivity index (χ0) is 36.9. The number of aromatic amines is 2. The van der Waals surface area contributed by atoms with E-state index in [-0.39, 0.29) is 23.9 Å². The molecule has 0 radical (unpaired) electrons. The number of likely N-dealkylation sites (tertiary alicyclic amines) is 2. The largest absolute Gasteiger partial charge is 0.465 e. The van der Waals surface area contributed by atoms with Gasteiger partial charge in [-0.2, -0.15) is 0 Å². The molecule has 2 aliphatic rings. The smallest absolute Gasteiger partial charge is 0.407 e. The number of nitrogens with one attached hydrogen (secondary N) is 4. The van der Waals surface area contributed by atoms with E-state index in [1.165, 1.54) is 7.11 Å². The van der Waals surface area contributed by atoms with Gasteiger partial charge in [0.05, 0.1) is 36.3 Å². The van der Waals surface area contributed by atoms with Gasteiger partial charge in [0.25, 0.3) is 0 Å². The minimum Gasteiger partial charge on any atom is -0.465 e. The Morgan fingerprint density at radius 2 is 1.37 bits per heavy atom. The highest BCUT2D eigenvalue weighted by Crippen LogP contribution is 2.35. The van der Waals surface area contributed by atoms with E-state index >= 15 is 0 Å². The molecule has 2 aromatic carbocycles. The topological polar surface area (TPSA) is 186 Å². The van der Waals surface area contributed by atoms with Gasteiger partial charge in [0, 0.05) is 24.8 Å². The first-order valence-corrected chi connectivity index (χ1v) is 17.9. The normalized spacial score (nSPS) is 18.2. The fourth-order valence-corrected chi connectivity index (χ4v) is 7.23. The Bertz CT molecular complexity index is 1900. The minimum absolute atomic E-state index is 0.166. The lowest BCUT2D eigenvalue weighted by atomic mass is 10.00. The van der Waals surface area contributed by atoms with E-state index in [2.05, 4.69) is 68.7 Å². The highest BCUT2D eigenvalue weighted by atomic mass is 16.5.